The fourth-order valence-corrected chi connectivity index (χ4v) is 4.86. The van der Waals surface area contributed by atoms with Crippen LogP contribution in [0, 0.1) is 20.8 Å². The van der Waals surface area contributed by atoms with Gasteiger partial charge in [-0.3, -0.25) is 4.98 Å². The molecular formula is C22H20N2O3S. The lowest BCUT2D eigenvalue weighted by Crippen LogP contribution is -2.01. The smallest absolute Gasteiger partial charge is 0.208 e. The highest BCUT2D eigenvalue weighted by Gasteiger charge is 2.22. The second-order valence-electron chi connectivity index (χ2n) is 6.88. The van der Waals surface area contributed by atoms with Crippen molar-refractivity contribution in [2.45, 2.75) is 30.6 Å². The van der Waals surface area contributed by atoms with E-state index in [9.17, 15) is 8.42 Å². The molecule has 5 nitrogen and oxygen atoms in total. The molecule has 2 heterocycles. The minimum absolute atomic E-state index is 0.208. The number of nitrogens with one attached hydrogen (secondary N) is 1. The Morgan fingerprint density at radius 3 is 2.29 bits per heavy atom. The number of ether oxygens (including phenoxy) is 1. The first-order valence-corrected chi connectivity index (χ1v) is 10.4. The van der Waals surface area contributed by atoms with Gasteiger partial charge >= 0.3 is 0 Å². The van der Waals surface area contributed by atoms with Crippen LogP contribution in [0.15, 0.2) is 70.8 Å². The number of hydrogen-bond acceptors (Lipinski definition) is 4. The maximum atomic E-state index is 13.0. The summed E-state index contributed by atoms with van der Waals surface area (Å²) < 4.78 is 32.2. The van der Waals surface area contributed by atoms with Crippen LogP contribution in [0.2, 0.25) is 0 Å². The van der Waals surface area contributed by atoms with Crippen LogP contribution in [0.4, 0.5) is 0 Å². The topological polar surface area (TPSA) is 72.1 Å². The number of H-pyrrole nitrogens is 1. The van der Waals surface area contributed by atoms with E-state index in [4.69, 9.17) is 4.74 Å². The Morgan fingerprint density at radius 1 is 0.929 bits per heavy atom. The first kappa shape index (κ1) is 18.3. The summed E-state index contributed by atoms with van der Waals surface area (Å²) in [6.45, 7) is 6.05. The van der Waals surface area contributed by atoms with Crippen LogP contribution in [0.25, 0.3) is 10.9 Å². The van der Waals surface area contributed by atoms with E-state index < -0.39 is 9.84 Å². The van der Waals surface area contributed by atoms with Gasteiger partial charge in [-0.05, 0) is 62.2 Å². The molecule has 0 fully saturated rings. The van der Waals surface area contributed by atoms with Crippen LogP contribution in [-0.2, 0) is 9.84 Å². The van der Waals surface area contributed by atoms with E-state index in [1.807, 2.05) is 32.9 Å². The van der Waals surface area contributed by atoms with Crippen LogP contribution in [0.3, 0.4) is 0 Å². The van der Waals surface area contributed by atoms with Crippen molar-refractivity contribution in [2.24, 2.45) is 0 Å². The summed E-state index contributed by atoms with van der Waals surface area (Å²) in [4.78, 5) is 7.36. The molecule has 0 aliphatic carbocycles. The van der Waals surface area contributed by atoms with Gasteiger partial charge in [-0.1, -0.05) is 17.7 Å². The lowest BCUT2D eigenvalue weighted by molar-refractivity contribution is 0.475. The van der Waals surface area contributed by atoms with E-state index in [0.29, 0.717) is 11.1 Å². The van der Waals surface area contributed by atoms with Gasteiger partial charge < -0.3 is 9.72 Å². The molecule has 0 bridgehead atoms. The van der Waals surface area contributed by atoms with Crippen molar-refractivity contribution in [3.8, 4) is 11.5 Å². The van der Waals surface area contributed by atoms with Gasteiger partial charge in [0.2, 0.25) is 9.84 Å². The highest BCUT2D eigenvalue weighted by atomic mass is 32.2. The molecule has 4 aromatic rings. The van der Waals surface area contributed by atoms with Gasteiger partial charge in [-0.2, -0.15) is 0 Å². The zero-order chi connectivity index (χ0) is 19.9. The average molecular weight is 392 g/mol. The van der Waals surface area contributed by atoms with Crippen molar-refractivity contribution < 1.29 is 13.2 Å². The largest absolute Gasteiger partial charge is 0.457 e. The van der Waals surface area contributed by atoms with Crippen LogP contribution in [0.5, 0.6) is 11.5 Å². The van der Waals surface area contributed by atoms with Crippen molar-refractivity contribution in [3.05, 3.63) is 77.7 Å². The monoisotopic (exact) mass is 392 g/mol. The third-order valence-corrected chi connectivity index (χ3v) is 6.50. The normalized spacial score (nSPS) is 11.7. The van der Waals surface area contributed by atoms with Crippen LogP contribution >= 0.6 is 0 Å². The van der Waals surface area contributed by atoms with E-state index >= 15 is 0 Å². The molecule has 142 valence electrons. The van der Waals surface area contributed by atoms with E-state index in [1.165, 1.54) is 36.3 Å². The summed E-state index contributed by atoms with van der Waals surface area (Å²) in [7, 11) is -3.66. The molecule has 0 unspecified atom stereocenters. The third kappa shape index (κ3) is 3.16. The highest BCUT2D eigenvalue weighted by molar-refractivity contribution is 7.91. The molecule has 28 heavy (non-hydrogen) atoms. The lowest BCUT2D eigenvalue weighted by Gasteiger charge is -2.13. The van der Waals surface area contributed by atoms with Gasteiger partial charge in [0.05, 0.1) is 9.79 Å². The fourth-order valence-electron chi connectivity index (χ4n) is 3.45. The number of hydrogen-bond donors (Lipinski definition) is 1. The Hall–Kier alpha value is -3.12. The maximum absolute atomic E-state index is 13.0. The molecule has 0 saturated heterocycles. The van der Waals surface area contributed by atoms with Gasteiger partial charge in [-0.15, -0.1) is 0 Å². The summed E-state index contributed by atoms with van der Waals surface area (Å²) in [5.74, 6) is 1.38. The average Bonchev–Trinajstić information content (AvgIpc) is 3.09. The molecule has 2 aromatic heterocycles. The second kappa shape index (κ2) is 6.80. The van der Waals surface area contributed by atoms with Crippen LogP contribution in [0.1, 0.15) is 16.7 Å². The molecule has 1 N–H and O–H groups in total. The first-order chi connectivity index (χ1) is 13.4. The first-order valence-electron chi connectivity index (χ1n) is 8.88. The van der Waals surface area contributed by atoms with Crippen molar-refractivity contribution in [3.63, 3.8) is 0 Å². The number of aromatic amines is 1. The number of rotatable bonds is 4. The van der Waals surface area contributed by atoms with Crippen molar-refractivity contribution in [1.82, 2.24) is 9.97 Å². The molecule has 2 aromatic carbocycles. The van der Waals surface area contributed by atoms with Gasteiger partial charge in [0.25, 0.3) is 0 Å². The standard InChI is InChI=1S/C22H20N2O3S/c1-14-10-15(2)22(16(3)11-14)27-17-4-5-20-19(12-17)21(13-24-20)28(25,26)18-6-8-23-9-7-18/h4-13,24H,1-3H3. The Kier molecular flexibility index (Phi) is 4.43. The molecular weight excluding hydrogens is 372 g/mol. The summed E-state index contributed by atoms with van der Waals surface area (Å²) in [6.07, 6.45) is 4.46. The van der Waals surface area contributed by atoms with E-state index in [2.05, 4.69) is 22.1 Å². The zero-order valence-corrected chi connectivity index (χ0v) is 16.7. The number of sulfone groups is 1. The van der Waals surface area contributed by atoms with Gasteiger partial charge in [0.15, 0.2) is 0 Å². The zero-order valence-electron chi connectivity index (χ0n) is 15.9. The Balaban J connectivity index is 1.80. The SMILES string of the molecule is Cc1cc(C)c(Oc2ccc3[nH]cc(S(=O)(=O)c4ccncc4)c3c2)c(C)c1. The predicted octanol–water partition coefficient (Wildman–Crippen LogP) is 5.11. The van der Waals surface area contributed by atoms with Crippen LogP contribution < -0.4 is 4.74 Å². The molecule has 0 radical (unpaired) electrons. The maximum Gasteiger partial charge on any atom is 0.208 e. The molecule has 0 aliphatic heterocycles. The molecule has 6 heteroatoms. The van der Waals surface area contributed by atoms with E-state index in [-0.39, 0.29) is 9.79 Å². The molecule has 0 aliphatic rings. The summed E-state index contributed by atoms with van der Waals surface area (Å²) in [6, 6.07) is 12.5. The third-order valence-electron chi connectivity index (χ3n) is 4.69. The number of nitrogens with zero attached hydrogens (tertiary/aromatic N) is 1. The predicted molar refractivity (Wildman–Crippen MR) is 109 cm³/mol. The van der Waals surface area contributed by atoms with Crippen LogP contribution in [-0.4, -0.2) is 18.4 Å². The van der Waals surface area contributed by atoms with Crippen molar-refractivity contribution in [2.75, 3.05) is 0 Å². The number of pyridine rings is 1. The molecule has 4 rings (SSSR count). The Labute approximate surface area is 163 Å². The quantitative estimate of drug-likeness (QED) is 0.524. The summed E-state index contributed by atoms with van der Waals surface area (Å²) in [5, 5.41) is 0.594. The fraction of sp³-hybridized carbons (Fsp3) is 0.136. The highest BCUT2D eigenvalue weighted by Crippen LogP contribution is 2.34. The number of benzene rings is 2. The number of aromatic nitrogens is 2. The second-order valence-corrected chi connectivity index (χ2v) is 8.79. The van der Waals surface area contributed by atoms with Crippen molar-refractivity contribution >= 4 is 20.7 Å². The lowest BCUT2D eigenvalue weighted by atomic mass is 10.1. The molecule has 0 saturated carbocycles. The Morgan fingerprint density at radius 2 is 1.61 bits per heavy atom. The summed E-state index contributed by atoms with van der Waals surface area (Å²) in [5.41, 5.74) is 3.99. The minimum Gasteiger partial charge on any atom is -0.457 e. The number of fused-ring (bicyclic) bond motifs is 1. The van der Waals surface area contributed by atoms with E-state index in [0.717, 1.165) is 22.4 Å². The van der Waals surface area contributed by atoms with Gasteiger partial charge in [0.1, 0.15) is 11.5 Å². The molecule has 0 amide bonds. The minimum atomic E-state index is -3.66. The van der Waals surface area contributed by atoms with E-state index in [1.54, 1.807) is 6.07 Å². The summed E-state index contributed by atoms with van der Waals surface area (Å²) >= 11 is 0. The molecule has 0 spiro atoms. The van der Waals surface area contributed by atoms with Gasteiger partial charge in [0, 0.05) is 29.5 Å². The molecule has 0 atom stereocenters. The number of aryl methyl sites for hydroxylation is 3. The van der Waals surface area contributed by atoms with Gasteiger partial charge in [-0.25, -0.2) is 8.42 Å². The van der Waals surface area contributed by atoms with Crippen molar-refractivity contribution in [1.29, 1.82) is 0 Å². The Bertz CT molecular complexity index is 1250.